The van der Waals surface area contributed by atoms with E-state index >= 15 is 0 Å². The number of hydrogen-bond donors (Lipinski definition) is 0. The van der Waals surface area contributed by atoms with E-state index in [1.807, 2.05) is 0 Å². The van der Waals surface area contributed by atoms with Crippen molar-refractivity contribution in [2.75, 3.05) is 6.61 Å². The number of unbranched alkanes of at least 4 members (excludes halogenated alkanes) is 18. The molecule has 0 radical (unpaired) electrons. The summed E-state index contributed by atoms with van der Waals surface area (Å²) in [6.45, 7) is 7.18. The normalized spacial score (nSPS) is 12.0. The van der Waals surface area contributed by atoms with E-state index in [4.69, 9.17) is 9.47 Å². The maximum atomic E-state index is 12.1. The molecule has 0 aliphatic heterocycles. The molecule has 0 spiro atoms. The highest BCUT2D eigenvalue weighted by molar-refractivity contribution is 5.69. The van der Waals surface area contributed by atoms with Crippen LogP contribution in [0.3, 0.4) is 0 Å². The van der Waals surface area contributed by atoms with Crippen LogP contribution in [0.2, 0.25) is 0 Å². The third-order valence-electron chi connectivity index (χ3n) is 7.31. The van der Waals surface area contributed by atoms with Gasteiger partial charge in [0.1, 0.15) is 6.10 Å². The lowest BCUT2D eigenvalue weighted by Gasteiger charge is -2.17. The molecule has 0 aliphatic rings. The summed E-state index contributed by atoms with van der Waals surface area (Å²) in [4.78, 5) is 24.0. The van der Waals surface area contributed by atoms with Gasteiger partial charge >= 0.3 is 11.9 Å². The van der Waals surface area contributed by atoms with Gasteiger partial charge in [-0.05, 0) is 32.1 Å². The van der Waals surface area contributed by atoms with Gasteiger partial charge in [0.25, 0.3) is 0 Å². The molecule has 0 fully saturated rings. The van der Waals surface area contributed by atoms with Crippen molar-refractivity contribution in [3.05, 3.63) is 0 Å². The summed E-state index contributed by atoms with van der Waals surface area (Å²) in [6, 6.07) is 0. The molecule has 0 saturated heterocycles. The molecule has 4 heteroatoms. The number of carbonyl (C=O) groups is 2. The molecule has 0 aromatic carbocycles. The van der Waals surface area contributed by atoms with Gasteiger partial charge in [0, 0.05) is 12.8 Å². The van der Waals surface area contributed by atoms with Crippen LogP contribution in [0, 0.1) is 0 Å². The molecule has 0 aliphatic carbocycles. The lowest BCUT2D eigenvalue weighted by molar-refractivity contribution is -0.150. The van der Waals surface area contributed by atoms with E-state index in [1.54, 1.807) is 0 Å². The Morgan fingerprint density at radius 3 is 1.38 bits per heavy atom. The number of ether oxygens (including phenoxy) is 2. The first kappa shape index (κ1) is 35.9. The molecule has 0 aromatic heterocycles. The molecule has 0 N–H and O–H groups in total. The van der Waals surface area contributed by atoms with E-state index in [2.05, 4.69) is 20.8 Å². The zero-order valence-electron chi connectivity index (χ0n) is 25.3. The quantitative estimate of drug-likeness (QED) is 0.0721. The van der Waals surface area contributed by atoms with Crippen LogP contribution in [-0.2, 0) is 19.1 Å². The van der Waals surface area contributed by atoms with Crippen LogP contribution in [0.15, 0.2) is 0 Å². The zero-order chi connectivity index (χ0) is 27.2. The van der Waals surface area contributed by atoms with Crippen molar-refractivity contribution in [1.29, 1.82) is 0 Å². The Kier molecular flexibility index (Phi) is 28.7. The van der Waals surface area contributed by atoms with E-state index < -0.39 is 0 Å². The molecule has 0 saturated carbocycles. The molecular weight excluding hydrogens is 460 g/mol. The minimum absolute atomic E-state index is 0.0270. The highest BCUT2D eigenvalue weighted by atomic mass is 16.5. The molecule has 4 nitrogen and oxygen atoms in total. The molecule has 0 rings (SSSR count). The first-order valence-corrected chi connectivity index (χ1v) is 16.5. The van der Waals surface area contributed by atoms with Gasteiger partial charge in [0.05, 0.1) is 6.61 Å². The lowest BCUT2D eigenvalue weighted by Crippen LogP contribution is -2.18. The summed E-state index contributed by atoms with van der Waals surface area (Å²) < 4.78 is 11.1. The highest BCUT2D eigenvalue weighted by Gasteiger charge is 2.13. The minimum atomic E-state index is -0.0358. The average Bonchev–Trinajstić information content (AvgIpc) is 2.89. The summed E-state index contributed by atoms with van der Waals surface area (Å²) in [5.41, 5.74) is 0. The van der Waals surface area contributed by atoms with Crippen molar-refractivity contribution < 1.29 is 19.1 Å². The summed E-state index contributed by atoms with van der Waals surface area (Å²) in [7, 11) is 0. The predicted molar refractivity (Wildman–Crippen MR) is 158 cm³/mol. The van der Waals surface area contributed by atoms with Crippen LogP contribution < -0.4 is 0 Å². The van der Waals surface area contributed by atoms with Gasteiger partial charge in [-0.25, -0.2) is 0 Å². The Hall–Kier alpha value is -1.06. The van der Waals surface area contributed by atoms with Crippen molar-refractivity contribution in [1.82, 2.24) is 0 Å². The number of rotatable bonds is 29. The molecule has 220 valence electrons. The van der Waals surface area contributed by atoms with Gasteiger partial charge < -0.3 is 9.47 Å². The van der Waals surface area contributed by atoms with E-state index in [1.165, 1.54) is 77.0 Å². The number of carbonyl (C=O) groups excluding carboxylic acids is 2. The smallest absolute Gasteiger partial charge is 0.306 e. The van der Waals surface area contributed by atoms with Crippen molar-refractivity contribution in [3.8, 4) is 0 Å². The summed E-state index contributed by atoms with van der Waals surface area (Å²) in [5, 5.41) is 0. The fourth-order valence-corrected chi connectivity index (χ4v) is 4.88. The van der Waals surface area contributed by atoms with Crippen LogP contribution >= 0.6 is 0 Å². The van der Waals surface area contributed by atoms with Crippen LogP contribution in [-0.4, -0.2) is 24.6 Å². The van der Waals surface area contributed by atoms with Gasteiger partial charge in [0.15, 0.2) is 0 Å². The van der Waals surface area contributed by atoms with Gasteiger partial charge in [-0.1, -0.05) is 143 Å². The number of esters is 2. The second-order valence-corrected chi connectivity index (χ2v) is 11.1. The topological polar surface area (TPSA) is 52.6 Å². The standard InChI is InChI=1S/C33H64O4/c1-4-7-9-10-11-12-13-14-15-16-19-22-25-30-36-32(34)28-23-20-17-18-21-24-29-33(35)37-31(26-6-3)27-8-5-2/h31H,4-30H2,1-3H3. The van der Waals surface area contributed by atoms with E-state index in [0.717, 1.165) is 77.0 Å². The molecule has 37 heavy (non-hydrogen) atoms. The van der Waals surface area contributed by atoms with E-state index in [9.17, 15) is 9.59 Å². The largest absolute Gasteiger partial charge is 0.466 e. The van der Waals surface area contributed by atoms with E-state index in [0.29, 0.717) is 19.4 Å². The van der Waals surface area contributed by atoms with Crippen molar-refractivity contribution in [3.63, 3.8) is 0 Å². The molecular formula is C33H64O4. The minimum Gasteiger partial charge on any atom is -0.466 e. The lowest BCUT2D eigenvalue weighted by atomic mass is 10.0. The maximum Gasteiger partial charge on any atom is 0.306 e. The fraction of sp³-hybridized carbons (Fsp3) is 0.939. The van der Waals surface area contributed by atoms with E-state index in [-0.39, 0.29) is 18.0 Å². The van der Waals surface area contributed by atoms with Crippen LogP contribution in [0.1, 0.15) is 188 Å². The fourth-order valence-electron chi connectivity index (χ4n) is 4.88. The van der Waals surface area contributed by atoms with Gasteiger partial charge in [-0.2, -0.15) is 0 Å². The molecule has 0 amide bonds. The summed E-state index contributed by atoms with van der Waals surface area (Å²) in [6.07, 6.45) is 30.0. The molecule has 0 aromatic rings. The van der Waals surface area contributed by atoms with Crippen LogP contribution in [0.4, 0.5) is 0 Å². The Balaban J connectivity index is 3.38. The maximum absolute atomic E-state index is 12.1. The molecule has 1 atom stereocenters. The van der Waals surface area contributed by atoms with Crippen LogP contribution in [0.25, 0.3) is 0 Å². The molecule has 1 unspecified atom stereocenters. The monoisotopic (exact) mass is 524 g/mol. The van der Waals surface area contributed by atoms with Crippen LogP contribution in [0.5, 0.6) is 0 Å². The molecule has 0 heterocycles. The molecule has 0 bridgehead atoms. The Morgan fingerprint density at radius 2 is 0.892 bits per heavy atom. The Bertz CT molecular complexity index is 491. The first-order chi connectivity index (χ1) is 18.1. The van der Waals surface area contributed by atoms with Gasteiger partial charge in [-0.3, -0.25) is 9.59 Å². The Labute approximate surface area is 231 Å². The summed E-state index contributed by atoms with van der Waals surface area (Å²) >= 11 is 0. The average molecular weight is 525 g/mol. The summed E-state index contributed by atoms with van der Waals surface area (Å²) in [5.74, 6) is -0.0628. The van der Waals surface area contributed by atoms with Gasteiger partial charge in [-0.15, -0.1) is 0 Å². The SMILES string of the molecule is CCCCCCCCCCCCCCCOC(=O)CCCCCCCCC(=O)OC(CCC)CCCC. The number of hydrogen-bond acceptors (Lipinski definition) is 4. The second kappa shape index (κ2) is 29.5. The second-order valence-electron chi connectivity index (χ2n) is 11.1. The van der Waals surface area contributed by atoms with Gasteiger partial charge in [0.2, 0.25) is 0 Å². The predicted octanol–water partition coefficient (Wildman–Crippen LogP) is 10.6. The first-order valence-electron chi connectivity index (χ1n) is 16.5. The van der Waals surface area contributed by atoms with Crippen molar-refractivity contribution >= 4 is 11.9 Å². The Morgan fingerprint density at radius 1 is 0.459 bits per heavy atom. The zero-order valence-corrected chi connectivity index (χ0v) is 25.3. The third kappa shape index (κ3) is 27.8. The highest BCUT2D eigenvalue weighted by Crippen LogP contribution is 2.15. The third-order valence-corrected chi connectivity index (χ3v) is 7.31. The van der Waals surface area contributed by atoms with Crippen molar-refractivity contribution in [2.45, 2.75) is 194 Å². The van der Waals surface area contributed by atoms with Crippen molar-refractivity contribution in [2.24, 2.45) is 0 Å².